The van der Waals surface area contributed by atoms with Crippen molar-refractivity contribution in [2.75, 3.05) is 0 Å². The highest BCUT2D eigenvalue weighted by atomic mass is 16.5. The van der Waals surface area contributed by atoms with Gasteiger partial charge in [0.2, 0.25) is 5.91 Å². The maximum absolute atomic E-state index is 12.1. The monoisotopic (exact) mass is 364 g/mol. The molecule has 0 bridgehead atoms. The predicted molar refractivity (Wildman–Crippen MR) is 99.6 cm³/mol. The number of hydrogen-bond donors (Lipinski definition) is 2. The van der Waals surface area contributed by atoms with E-state index in [9.17, 15) is 14.4 Å². The number of amides is 1. The van der Waals surface area contributed by atoms with Crippen LogP contribution in [0.15, 0.2) is 58.4 Å². The van der Waals surface area contributed by atoms with Gasteiger partial charge in [0.05, 0.1) is 23.7 Å². The third-order valence-electron chi connectivity index (χ3n) is 3.65. The zero-order valence-electron chi connectivity index (χ0n) is 14.4. The Labute approximate surface area is 153 Å². The summed E-state index contributed by atoms with van der Waals surface area (Å²) in [6, 6.07) is 13.6. The number of nitrogens with one attached hydrogen (secondary N) is 2. The normalized spacial score (nSPS) is 10.9. The summed E-state index contributed by atoms with van der Waals surface area (Å²) in [5.74, 6) is -0.334. The molecule has 8 nitrogen and oxygen atoms in total. The molecule has 1 heterocycles. The summed E-state index contributed by atoms with van der Waals surface area (Å²) in [4.78, 5) is 34.7. The average Bonchev–Trinajstić information content (AvgIpc) is 2.65. The van der Waals surface area contributed by atoms with Crippen molar-refractivity contribution in [3.05, 3.63) is 70.1 Å². The van der Waals surface area contributed by atoms with Crippen LogP contribution in [0.1, 0.15) is 18.2 Å². The van der Waals surface area contributed by atoms with Crippen LogP contribution in [0, 0.1) is 0 Å². The minimum Gasteiger partial charge on any atom is -0.427 e. The largest absolute Gasteiger partial charge is 0.427 e. The minimum atomic E-state index is -0.396. The van der Waals surface area contributed by atoms with Crippen molar-refractivity contribution in [1.82, 2.24) is 15.6 Å². The fourth-order valence-corrected chi connectivity index (χ4v) is 2.46. The first-order valence-corrected chi connectivity index (χ1v) is 8.09. The van der Waals surface area contributed by atoms with Gasteiger partial charge in [-0.05, 0) is 35.9 Å². The quantitative estimate of drug-likeness (QED) is 0.309. The van der Waals surface area contributed by atoms with Crippen LogP contribution in [-0.4, -0.2) is 28.3 Å². The summed E-state index contributed by atoms with van der Waals surface area (Å²) >= 11 is 0. The van der Waals surface area contributed by atoms with Gasteiger partial charge in [-0.15, -0.1) is 0 Å². The summed E-state index contributed by atoms with van der Waals surface area (Å²) in [5.41, 5.74) is 3.30. The van der Waals surface area contributed by atoms with E-state index in [-0.39, 0.29) is 17.9 Å². The molecule has 0 atom stereocenters. The maximum Gasteiger partial charge on any atom is 0.308 e. The number of benzene rings is 2. The molecule has 2 N–H and O–H groups in total. The molecule has 8 heteroatoms. The van der Waals surface area contributed by atoms with E-state index in [0.29, 0.717) is 22.2 Å². The first kappa shape index (κ1) is 18.0. The SMILES string of the molecule is CC(=O)Oc1ccc(/C=N/NC(=O)Cc2n[nH]c(=O)c3ccccc23)cc1. The molecule has 0 aliphatic rings. The number of aromatic amines is 1. The number of aromatic nitrogens is 2. The molecule has 27 heavy (non-hydrogen) atoms. The van der Waals surface area contributed by atoms with E-state index in [0.717, 1.165) is 5.56 Å². The molecular formula is C19H16N4O4. The van der Waals surface area contributed by atoms with E-state index in [4.69, 9.17) is 4.74 Å². The van der Waals surface area contributed by atoms with Crippen LogP contribution in [0.2, 0.25) is 0 Å². The molecule has 0 unspecified atom stereocenters. The van der Waals surface area contributed by atoms with Gasteiger partial charge < -0.3 is 4.74 Å². The van der Waals surface area contributed by atoms with Crippen molar-refractivity contribution in [2.45, 2.75) is 13.3 Å². The third-order valence-corrected chi connectivity index (χ3v) is 3.65. The molecule has 1 amide bonds. The number of carbonyl (C=O) groups excluding carboxylic acids is 2. The zero-order valence-corrected chi connectivity index (χ0v) is 14.4. The molecule has 0 saturated heterocycles. The first-order chi connectivity index (χ1) is 13.0. The highest BCUT2D eigenvalue weighted by Gasteiger charge is 2.10. The van der Waals surface area contributed by atoms with Crippen molar-refractivity contribution in [3.63, 3.8) is 0 Å². The third kappa shape index (κ3) is 4.63. The van der Waals surface area contributed by atoms with Crippen molar-refractivity contribution >= 4 is 28.9 Å². The molecule has 0 saturated carbocycles. The molecule has 3 rings (SSSR count). The average molecular weight is 364 g/mol. The van der Waals surface area contributed by atoms with E-state index < -0.39 is 5.97 Å². The van der Waals surface area contributed by atoms with Gasteiger partial charge in [-0.25, -0.2) is 10.5 Å². The molecule has 0 fully saturated rings. The number of nitrogens with zero attached hydrogens (tertiary/aromatic N) is 2. The molecule has 1 aromatic heterocycles. The Morgan fingerprint density at radius 2 is 1.85 bits per heavy atom. The number of hydrogen-bond acceptors (Lipinski definition) is 6. The van der Waals surface area contributed by atoms with E-state index in [1.54, 1.807) is 48.5 Å². The van der Waals surface area contributed by atoms with Gasteiger partial charge in [-0.1, -0.05) is 18.2 Å². The summed E-state index contributed by atoms with van der Waals surface area (Å²) in [7, 11) is 0. The van der Waals surface area contributed by atoms with Crippen LogP contribution in [0.25, 0.3) is 10.8 Å². The van der Waals surface area contributed by atoms with Crippen LogP contribution in [0.3, 0.4) is 0 Å². The second-order valence-corrected chi connectivity index (χ2v) is 5.68. The van der Waals surface area contributed by atoms with Crippen LogP contribution in [0.4, 0.5) is 0 Å². The second kappa shape index (κ2) is 8.05. The number of H-pyrrole nitrogens is 1. The number of hydrazone groups is 1. The Morgan fingerprint density at radius 3 is 2.56 bits per heavy atom. The Bertz CT molecular complexity index is 1070. The number of esters is 1. The highest BCUT2D eigenvalue weighted by Crippen LogP contribution is 2.13. The fraction of sp³-hybridized carbons (Fsp3) is 0.105. The van der Waals surface area contributed by atoms with Gasteiger partial charge in [0.25, 0.3) is 5.56 Å². The Kier molecular flexibility index (Phi) is 5.36. The summed E-state index contributed by atoms with van der Waals surface area (Å²) in [6.07, 6.45) is 1.44. The topological polar surface area (TPSA) is 114 Å². The van der Waals surface area contributed by atoms with Gasteiger partial charge in [-0.3, -0.25) is 14.4 Å². The number of ether oxygens (including phenoxy) is 1. The lowest BCUT2D eigenvalue weighted by molar-refractivity contribution is -0.131. The van der Waals surface area contributed by atoms with E-state index in [1.165, 1.54) is 13.1 Å². The number of fused-ring (bicyclic) bond motifs is 1. The lowest BCUT2D eigenvalue weighted by atomic mass is 10.1. The van der Waals surface area contributed by atoms with E-state index in [2.05, 4.69) is 20.7 Å². The van der Waals surface area contributed by atoms with Crippen LogP contribution >= 0.6 is 0 Å². The lowest BCUT2D eigenvalue weighted by Crippen LogP contribution is -2.22. The van der Waals surface area contributed by atoms with Crippen LogP contribution in [-0.2, 0) is 16.0 Å². The summed E-state index contributed by atoms with van der Waals surface area (Å²) < 4.78 is 4.94. The Hall–Kier alpha value is -3.81. The van der Waals surface area contributed by atoms with Gasteiger partial charge >= 0.3 is 5.97 Å². The standard InChI is InChI=1S/C19H16N4O4/c1-12(24)27-14-8-6-13(7-9-14)11-20-22-18(25)10-17-15-4-2-3-5-16(15)19(26)23-21-17/h2-9,11H,10H2,1H3,(H,22,25)(H,23,26)/b20-11+. The molecule has 0 aliphatic heterocycles. The number of carbonyl (C=O) groups is 2. The smallest absolute Gasteiger partial charge is 0.308 e. The van der Waals surface area contributed by atoms with Gasteiger partial charge in [0.1, 0.15) is 5.75 Å². The first-order valence-electron chi connectivity index (χ1n) is 8.09. The maximum atomic E-state index is 12.1. The number of rotatable bonds is 5. The molecule has 0 radical (unpaired) electrons. The van der Waals surface area contributed by atoms with E-state index >= 15 is 0 Å². The highest BCUT2D eigenvalue weighted by molar-refractivity contribution is 5.89. The minimum absolute atomic E-state index is 0.0278. The van der Waals surface area contributed by atoms with Crippen molar-refractivity contribution in [1.29, 1.82) is 0 Å². The van der Waals surface area contributed by atoms with Gasteiger partial charge in [-0.2, -0.15) is 10.2 Å². The Balaban J connectivity index is 1.63. The van der Waals surface area contributed by atoms with E-state index in [1.807, 2.05) is 0 Å². The summed E-state index contributed by atoms with van der Waals surface area (Å²) in [5, 5.41) is 11.3. The summed E-state index contributed by atoms with van der Waals surface area (Å²) in [6.45, 7) is 1.32. The second-order valence-electron chi connectivity index (χ2n) is 5.68. The zero-order chi connectivity index (χ0) is 19.2. The lowest BCUT2D eigenvalue weighted by Gasteiger charge is -2.04. The van der Waals surface area contributed by atoms with Crippen LogP contribution < -0.4 is 15.7 Å². The van der Waals surface area contributed by atoms with Gasteiger partial charge in [0, 0.05) is 12.3 Å². The van der Waals surface area contributed by atoms with Crippen molar-refractivity contribution in [2.24, 2.45) is 5.10 Å². The molecule has 3 aromatic rings. The Morgan fingerprint density at radius 1 is 1.15 bits per heavy atom. The van der Waals surface area contributed by atoms with Crippen molar-refractivity contribution in [3.8, 4) is 5.75 Å². The fourth-order valence-electron chi connectivity index (χ4n) is 2.46. The van der Waals surface area contributed by atoms with Crippen molar-refractivity contribution < 1.29 is 14.3 Å². The predicted octanol–water partition coefficient (Wildman–Crippen LogP) is 1.54. The van der Waals surface area contributed by atoms with Gasteiger partial charge in [0.15, 0.2) is 0 Å². The molecule has 0 aliphatic carbocycles. The molecule has 136 valence electrons. The molecule has 0 spiro atoms. The van der Waals surface area contributed by atoms with Crippen LogP contribution in [0.5, 0.6) is 5.75 Å². The molecule has 2 aromatic carbocycles. The molecular weight excluding hydrogens is 348 g/mol.